The van der Waals surface area contributed by atoms with Gasteiger partial charge < -0.3 is 4.57 Å². The Morgan fingerprint density at radius 1 is 1.14 bits per heavy atom. The highest BCUT2D eigenvalue weighted by atomic mass is 32.1. The third-order valence-corrected chi connectivity index (χ3v) is 4.87. The Morgan fingerprint density at radius 3 is 2.81 bits per heavy atom. The molecule has 0 spiro atoms. The lowest BCUT2D eigenvalue weighted by Gasteiger charge is -1.96. The molecule has 100 valence electrons. The van der Waals surface area contributed by atoms with Crippen molar-refractivity contribution in [1.29, 1.82) is 5.26 Å². The van der Waals surface area contributed by atoms with Crippen LogP contribution in [0.15, 0.2) is 48.8 Å². The van der Waals surface area contributed by atoms with Crippen LogP contribution in [0.4, 0.5) is 0 Å². The second-order valence-corrected chi connectivity index (χ2v) is 5.94. The van der Waals surface area contributed by atoms with E-state index in [0.29, 0.717) is 0 Å². The van der Waals surface area contributed by atoms with Crippen LogP contribution in [0.1, 0.15) is 5.56 Å². The lowest BCUT2D eigenvalue weighted by Crippen LogP contribution is -1.81. The summed E-state index contributed by atoms with van der Waals surface area (Å²) in [5, 5.41) is 11.7. The largest absolute Gasteiger partial charge is 0.350 e. The molecular formula is C17H11N3S. The maximum absolute atomic E-state index is 9.57. The van der Waals surface area contributed by atoms with Crippen molar-refractivity contribution in [1.82, 2.24) is 9.55 Å². The number of fused-ring (bicyclic) bond motifs is 2. The maximum Gasteiger partial charge on any atom is 0.125 e. The zero-order valence-corrected chi connectivity index (χ0v) is 12.2. The summed E-state index contributed by atoms with van der Waals surface area (Å²) in [6, 6.07) is 14.5. The number of aryl methyl sites for hydroxylation is 1. The smallest absolute Gasteiger partial charge is 0.125 e. The quantitative estimate of drug-likeness (QED) is 0.523. The van der Waals surface area contributed by atoms with Gasteiger partial charge in [0.2, 0.25) is 0 Å². The van der Waals surface area contributed by atoms with Crippen LogP contribution in [0, 0.1) is 11.3 Å². The van der Waals surface area contributed by atoms with Crippen LogP contribution in [0.5, 0.6) is 0 Å². The zero-order chi connectivity index (χ0) is 14.4. The maximum atomic E-state index is 9.57. The van der Waals surface area contributed by atoms with E-state index >= 15 is 0 Å². The fourth-order valence-electron chi connectivity index (χ4n) is 2.76. The van der Waals surface area contributed by atoms with E-state index in [0.717, 1.165) is 26.2 Å². The van der Waals surface area contributed by atoms with Crippen LogP contribution in [-0.2, 0) is 7.05 Å². The zero-order valence-electron chi connectivity index (χ0n) is 11.4. The van der Waals surface area contributed by atoms with Crippen LogP contribution in [-0.4, -0.2) is 9.55 Å². The minimum atomic E-state index is 0.722. The molecule has 21 heavy (non-hydrogen) atoms. The van der Waals surface area contributed by atoms with Crippen LogP contribution in [0.3, 0.4) is 0 Å². The molecule has 4 heteroatoms. The lowest BCUT2D eigenvalue weighted by molar-refractivity contribution is 0.970. The van der Waals surface area contributed by atoms with Crippen LogP contribution in [0.2, 0.25) is 0 Å². The van der Waals surface area contributed by atoms with E-state index in [4.69, 9.17) is 0 Å². The third-order valence-electron chi connectivity index (χ3n) is 3.72. The average Bonchev–Trinajstić information content (AvgIpc) is 3.05. The van der Waals surface area contributed by atoms with E-state index in [1.165, 1.54) is 10.9 Å². The number of rotatable bonds is 1. The molecule has 3 heterocycles. The fraction of sp³-hybridized carbons (Fsp3) is 0.0588. The standard InChI is InChI=1S/C17H11N3S/c1-20-10-14(11-5-2-3-7-15(11)20)16-13(9-18)12-6-4-8-19-17(12)21-16/h2-8,10H,1H3. The van der Waals surface area contributed by atoms with Gasteiger partial charge in [0.25, 0.3) is 0 Å². The molecule has 1 aromatic carbocycles. The minimum absolute atomic E-state index is 0.722. The Morgan fingerprint density at radius 2 is 1.95 bits per heavy atom. The van der Waals surface area contributed by atoms with Crippen molar-refractivity contribution in [3.05, 3.63) is 54.4 Å². The summed E-state index contributed by atoms with van der Waals surface area (Å²) in [7, 11) is 2.03. The third kappa shape index (κ3) is 1.68. The molecule has 0 saturated carbocycles. The molecular weight excluding hydrogens is 278 g/mol. The van der Waals surface area contributed by atoms with Gasteiger partial charge in [-0.1, -0.05) is 18.2 Å². The predicted molar refractivity (Wildman–Crippen MR) is 86.2 cm³/mol. The number of nitrogens with zero attached hydrogens (tertiary/aromatic N) is 3. The van der Waals surface area contributed by atoms with Gasteiger partial charge in [-0.3, -0.25) is 0 Å². The van der Waals surface area contributed by atoms with Gasteiger partial charge >= 0.3 is 0 Å². The van der Waals surface area contributed by atoms with Crippen LogP contribution < -0.4 is 0 Å². The molecule has 3 aromatic heterocycles. The van der Waals surface area contributed by atoms with Crippen molar-refractivity contribution in [3.8, 4) is 16.5 Å². The van der Waals surface area contributed by atoms with Gasteiger partial charge in [-0.2, -0.15) is 5.26 Å². The van der Waals surface area contributed by atoms with Crippen molar-refractivity contribution in [2.45, 2.75) is 0 Å². The summed E-state index contributed by atoms with van der Waals surface area (Å²) in [4.78, 5) is 6.30. The molecule has 0 bridgehead atoms. The molecule has 0 radical (unpaired) electrons. The molecule has 0 unspecified atom stereocenters. The summed E-state index contributed by atoms with van der Waals surface area (Å²) in [6.45, 7) is 0. The minimum Gasteiger partial charge on any atom is -0.350 e. The fourth-order valence-corrected chi connectivity index (χ4v) is 3.87. The summed E-state index contributed by atoms with van der Waals surface area (Å²) in [5.74, 6) is 0. The summed E-state index contributed by atoms with van der Waals surface area (Å²) in [5.41, 5.74) is 2.99. The topological polar surface area (TPSA) is 41.6 Å². The van der Waals surface area contributed by atoms with E-state index in [1.807, 2.05) is 31.3 Å². The highest BCUT2D eigenvalue weighted by molar-refractivity contribution is 7.22. The average molecular weight is 289 g/mol. The molecule has 0 aliphatic carbocycles. The van der Waals surface area contributed by atoms with E-state index in [-0.39, 0.29) is 0 Å². The van der Waals surface area contributed by atoms with E-state index in [1.54, 1.807) is 17.5 Å². The monoisotopic (exact) mass is 289 g/mol. The van der Waals surface area contributed by atoms with Gasteiger partial charge in [0.15, 0.2) is 0 Å². The number of hydrogen-bond donors (Lipinski definition) is 0. The molecule has 0 atom stereocenters. The first-order valence-electron chi connectivity index (χ1n) is 6.61. The molecule has 4 aromatic rings. The normalized spacial score (nSPS) is 11.0. The number of hydrogen-bond acceptors (Lipinski definition) is 3. The molecule has 0 aliphatic rings. The summed E-state index contributed by atoms with van der Waals surface area (Å²) < 4.78 is 2.10. The number of nitriles is 1. The molecule has 0 N–H and O–H groups in total. The molecule has 0 saturated heterocycles. The highest BCUT2D eigenvalue weighted by Crippen LogP contribution is 2.40. The first-order valence-corrected chi connectivity index (χ1v) is 7.43. The number of thiophene rings is 1. The van der Waals surface area contributed by atoms with Crippen molar-refractivity contribution < 1.29 is 0 Å². The number of para-hydroxylation sites is 1. The summed E-state index contributed by atoms with van der Waals surface area (Å²) in [6.07, 6.45) is 3.86. The van der Waals surface area contributed by atoms with Crippen molar-refractivity contribution in [2.75, 3.05) is 0 Å². The second-order valence-electron chi connectivity index (χ2n) is 4.94. The van der Waals surface area contributed by atoms with E-state index < -0.39 is 0 Å². The predicted octanol–water partition coefficient (Wildman–Crippen LogP) is 4.33. The first kappa shape index (κ1) is 12.1. The molecule has 0 fully saturated rings. The SMILES string of the molecule is Cn1cc(-c2sc3ncccc3c2C#N)c2ccccc21. The van der Waals surface area contributed by atoms with Gasteiger partial charge in [0.05, 0.1) is 10.4 Å². The van der Waals surface area contributed by atoms with Gasteiger partial charge in [-0.25, -0.2) is 4.98 Å². The Kier molecular flexibility index (Phi) is 2.56. The molecule has 0 amide bonds. The number of aromatic nitrogens is 2. The van der Waals surface area contributed by atoms with Crippen LogP contribution >= 0.6 is 11.3 Å². The Balaban J connectivity index is 2.12. The van der Waals surface area contributed by atoms with Gasteiger partial charge in [0, 0.05) is 41.3 Å². The molecule has 3 nitrogen and oxygen atoms in total. The van der Waals surface area contributed by atoms with E-state index in [9.17, 15) is 5.26 Å². The van der Waals surface area contributed by atoms with E-state index in [2.05, 4.69) is 33.9 Å². The van der Waals surface area contributed by atoms with Gasteiger partial charge in [0.1, 0.15) is 10.9 Å². The summed E-state index contributed by atoms with van der Waals surface area (Å²) >= 11 is 1.58. The molecule has 4 rings (SSSR count). The van der Waals surface area contributed by atoms with Crippen molar-refractivity contribution >= 4 is 32.5 Å². The number of benzene rings is 1. The molecule has 0 aliphatic heterocycles. The Bertz CT molecular complexity index is 1020. The van der Waals surface area contributed by atoms with Crippen molar-refractivity contribution in [3.63, 3.8) is 0 Å². The van der Waals surface area contributed by atoms with Gasteiger partial charge in [-0.15, -0.1) is 11.3 Å². The first-order chi connectivity index (χ1) is 10.3. The lowest BCUT2D eigenvalue weighted by atomic mass is 10.1. The number of pyridine rings is 1. The van der Waals surface area contributed by atoms with Crippen LogP contribution in [0.25, 0.3) is 31.6 Å². The Hall–Kier alpha value is -2.64. The highest BCUT2D eigenvalue weighted by Gasteiger charge is 2.17. The van der Waals surface area contributed by atoms with Gasteiger partial charge in [-0.05, 0) is 18.2 Å². The second kappa shape index (κ2) is 4.44. The Labute approximate surface area is 125 Å². The van der Waals surface area contributed by atoms with Crippen molar-refractivity contribution in [2.24, 2.45) is 7.05 Å².